The Morgan fingerprint density at radius 1 is 1.42 bits per heavy atom. The van der Waals surface area contributed by atoms with E-state index >= 15 is 0 Å². The van der Waals surface area contributed by atoms with Crippen LogP contribution in [0, 0.1) is 0 Å². The first-order valence-corrected chi connectivity index (χ1v) is 4.64. The van der Waals surface area contributed by atoms with Gasteiger partial charge >= 0.3 is 37.7 Å². The first-order valence-electron chi connectivity index (χ1n) is 3.25. The van der Waals surface area contributed by atoms with Crippen molar-refractivity contribution in [3.8, 4) is 0 Å². The van der Waals surface area contributed by atoms with Crippen LogP contribution in [-0.2, 0) is 5.75 Å². The van der Waals surface area contributed by atoms with Gasteiger partial charge in [0.1, 0.15) is 4.32 Å². The van der Waals surface area contributed by atoms with Gasteiger partial charge in [0.2, 0.25) is 0 Å². The van der Waals surface area contributed by atoms with Crippen LogP contribution in [0.5, 0.6) is 0 Å². The molecule has 4 heteroatoms. The van der Waals surface area contributed by atoms with Gasteiger partial charge in [-0.25, -0.2) is 0 Å². The summed E-state index contributed by atoms with van der Waals surface area (Å²) in [4.78, 5) is 0. The van der Waals surface area contributed by atoms with Crippen molar-refractivity contribution in [3.63, 3.8) is 0 Å². The Kier molecular flexibility index (Phi) is 7.58. The molecule has 0 amide bonds. The van der Waals surface area contributed by atoms with Crippen molar-refractivity contribution < 1.29 is 2.85 Å². The normalized spacial score (nSPS) is 8.67. The first kappa shape index (κ1) is 12.7. The fourth-order valence-electron chi connectivity index (χ4n) is 0.729. The zero-order chi connectivity index (χ0) is 8.10. The van der Waals surface area contributed by atoms with Gasteiger partial charge < -0.3 is 8.59 Å². The largest absolute Gasteiger partial charge is 2.00 e. The van der Waals surface area contributed by atoms with Gasteiger partial charge in [-0.2, -0.15) is 0 Å². The SMILES string of the molecule is NC(=S)SCc1ccccc1.[Ca+2].[H-].[H-]. The van der Waals surface area contributed by atoms with Gasteiger partial charge in [-0.15, -0.1) is 0 Å². The minimum absolute atomic E-state index is 0. The molecule has 0 atom stereocenters. The molecule has 62 valence electrons. The van der Waals surface area contributed by atoms with Crippen molar-refractivity contribution in [2.24, 2.45) is 5.73 Å². The second-order valence-electron chi connectivity index (χ2n) is 2.09. The molecule has 12 heavy (non-hydrogen) atoms. The molecule has 0 aliphatic carbocycles. The summed E-state index contributed by atoms with van der Waals surface area (Å²) >= 11 is 6.23. The number of hydrogen-bond acceptors (Lipinski definition) is 2. The molecule has 0 spiro atoms. The smallest absolute Gasteiger partial charge is 1.00 e. The van der Waals surface area contributed by atoms with Crippen LogP contribution in [0.25, 0.3) is 0 Å². The Hall–Kier alpha value is 0.720. The molecule has 1 rings (SSSR count). The van der Waals surface area contributed by atoms with E-state index in [0.29, 0.717) is 4.32 Å². The van der Waals surface area contributed by atoms with Crippen molar-refractivity contribution in [2.45, 2.75) is 5.75 Å². The van der Waals surface area contributed by atoms with E-state index in [1.165, 1.54) is 17.3 Å². The Morgan fingerprint density at radius 2 is 2.00 bits per heavy atom. The maximum absolute atomic E-state index is 5.33. The summed E-state index contributed by atoms with van der Waals surface area (Å²) in [6.45, 7) is 0. The molecule has 2 N–H and O–H groups in total. The molecule has 0 fully saturated rings. The van der Waals surface area contributed by atoms with E-state index in [2.05, 4.69) is 12.1 Å². The number of thiocarbonyl (C=S) groups is 1. The molecular formula is C8H11CaNS2. The number of nitrogens with two attached hydrogens (primary N) is 1. The summed E-state index contributed by atoms with van der Waals surface area (Å²) in [5.74, 6) is 0.871. The average Bonchev–Trinajstić information content (AvgIpc) is 2.03. The molecule has 0 aliphatic heterocycles. The van der Waals surface area contributed by atoms with Gasteiger partial charge in [0.25, 0.3) is 0 Å². The van der Waals surface area contributed by atoms with Crippen LogP contribution in [0.4, 0.5) is 0 Å². The predicted molar refractivity (Wildman–Crippen MR) is 62.5 cm³/mol. The molecule has 1 aromatic rings. The molecule has 0 unspecified atom stereocenters. The number of rotatable bonds is 2. The van der Waals surface area contributed by atoms with E-state index in [4.69, 9.17) is 18.0 Å². The van der Waals surface area contributed by atoms with Gasteiger partial charge in [-0.05, 0) is 5.56 Å². The maximum Gasteiger partial charge on any atom is 2.00 e. The zero-order valence-corrected chi connectivity index (χ0v) is 10.5. The predicted octanol–water partition coefficient (Wildman–Crippen LogP) is 2.01. The van der Waals surface area contributed by atoms with E-state index in [0.717, 1.165) is 5.75 Å². The summed E-state index contributed by atoms with van der Waals surface area (Å²) in [5, 5.41) is 0. The van der Waals surface area contributed by atoms with Crippen LogP contribution >= 0.6 is 24.0 Å². The van der Waals surface area contributed by atoms with Gasteiger partial charge in [-0.3, -0.25) is 0 Å². The summed E-state index contributed by atoms with van der Waals surface area (Å²) in [5.41, 5.74) is 6.59. The van der Waals surface area contributed by atoms with E-state index in [1.807, 2.05) is 18.2 Å². The van der Waals surface area contributed by atoms with E-state index in [1.54, 1.807) is 0 Å². The third kappa shape index (κ3) is 5.38. The van der Waals surface area contributed by atoms with Crippen molar-refractivity contribution in [2.75, 3.05) is 0 Å². The van der Waals surface area contributed by atoms with Gasteiger partial charge in [0.15, 0.2) is 0 Å². The second kappa shape index (κ2) is 7.15. The van der Waals surface area contributed by atoms with Gasteiger partial charge in [0, 0.05) is 5.75 Å². The van der Waals surface area contributed by atoms with Gasteiger partial charge in [-0.1, -0.05) is 54.3 Å². The standard InChI is InChI=1S/C8H9NS2.Ca.2H/c9-8(10)11-6-7-4-2-1-3-5-7;;;/h1-5H,6H2,(H2,9,10);;;/q;+2;2*-1. The summed E-state index contributed by atoms with van der Waals surface area (Å²) in [7, 11) is 0. The quantitative estimate of drug-likeness (QED) is 0.616. The van der Waals surface area contributed by atoms with Crippen LogP contribution < -0.4 is 5.73 Å². The molecule has 0 radical (unpaired) electrons. The van der Waals surface area contributed by atoms with E-state index < -0.39 is 0 Å². The van der Waals surface area contributed by atoms with Crippen LogP contribution in [0.3, 0.4) is 0 Å². The number of benzene rings is 1. The molecule has 0 saturated carbocycles. The summed E-state index contributed by atoms with van der Waals surface area (Å²) in [6, 6.07) is 10.1. The third-order valence-corrected chi connectivity index (χ3v) is 2.34. The molecule has 1 nitrogen and oxygen atoms in total. The van der Waals surface area contributed by atoms with Crippen molar-refractivity contribution in [1.82, 2.24) is 0 Å². The Bertz CT molecular complexity index is 246. The Morgan fingerprint density at radius 3 is 2.50 bits per heavy atom. The molecule has 0 aromatic heterocycles. The van der Waals surface area contributed by atoms with E-state index in [-0.39, 0.29) is 40.6 Å². The summed E-state index contributed by atoms with van der Waals surface area (Å²) < 4.78 is 0.508. The first-order chi connectivity index (χ1) is 5.29. The number of hydrogen-bond donors (Lipinski definition) is 1. The Labute approximate surface area is 115 Å². The fourth-order valence-corrected chi connectivity index (χ4v) is 1.41. The zero-order valence-electron chi connectivity index (χ0n) is 8.69. The maximum atomic E-state index is 5.33. The molecule has 0 saturated heterocycles. The molecule has 1 aromatic carbocycles. The van der Waals surface area contributed by atoms with Crippen LogP contribution in [0.15, 0.2) is 30.3 Å². The molecule has 0 aliphatic rings. The molecule has 0 bridgehead atoms. The minimum atomic E-state index is 0. The third-order valence-electron chi connectivity index (χ3n) is 1.22. The van der Waals surface area contributed by atoms with Crippen LogP contribution in [-0.4, -0.2) is 42.1 Å². The molecule has 0 heterocycles. The topological polar surface area (TPSA) is 26.0 Å². The van der Waals surface area contributed by atoms with Crippen molar-refractivity contribution in [1.29, 1.82) is 0 Å². The Balaban J connectivity index is -0.000000403. The number of thioether (sulfide) groups is 1. The van der Waals surface area contributed by atoms with E-state index in [9.17, 15) is 0 Å². The van der Waals surface area contributed by atoms with Crippen molar-refractivity contribution in [3.05, 3.63) is 35.9 Å². The van der Waals surface area contributed by atoms with Gasteiger partial charge in [0.05, 0.1) is 0 Å². The monoisotopic (exact) mass is 225 g/mol. The summed E-state index contributed by atoms with van der Waals surface area (Å²) in [6.07, 6.45) is 0. The van der Waals surface area contributed by atoms with Crippen molar-refractivity contribution >= 4 is 66.0 Å². The van der Waals surface area contributed by atoms with Crippen LogP contribution in [0.2, 0.25) is 0 Å². The molecular weight excluding hydrogens is 214 g/mol. The van der Waals surface area contributed by atoms with Crippen LogP contribution in [0.1, 0.15) is 8.42 Å². The fraction of sp³-hybridized carbons (Fsp3) is 0.125. The average molecular weight is 225 g/mol. The second-order valence-corrected chi connectivity index (χ2v) is 3.81. The minimum Gasteiger partial charge on any atom is -1.00 e.